The summed E-state index contributed by atoms with van der Waals surface area (Å²) in [5.74, 6) is 0. The lowest BCUT2D eigenvalue weighted by atomic mass is 10.1. The van der Waals surface area contributed by atoms with Crippen molar-refractivity contribution in [1.29, 1.82) is 0 Å². The molecule has 0 amide bonds. The number of benzene rings is 1. The predicted octanol–water partition coefficient (Wildman–Crippen LogP) is 2.80. The van der Waals surface area contributed by atoms with Crippen LogP contribution in [0.2, 0.25) is 5.02 Å². The predicted molar refractivity (Wildman–Crippen MR) is 44.7 cm³/mol. The third-order valence-corrected chi connectivity index (χ3v) is 2.27. The van der Waals surface area contributed by atoms with Crippen molar-refractivity contribution in [3.8, 4) is 0 Å². The summed E-state index contributed by atoms with van der Waals surface area (Å²) in [5.41, 5.74) is 1.11. The maximum absolute atomic E-state index is 5.94. The van der Waals surface area contributed by atoms with Gasteiger partial charge in [0.1, 0.15) is 6.10 Å². The summed E-state index contributed by atoms with van der Waals surface area (Å²) in [6.45, 7) is 2.05. The summed E-state index contributed by atoms with van der Waals surface area (Å²) in [6.07, 6.45) is 0.582. The van der Waals surface area contributed by atoms with Gasteiger partial charge in [0.2, 0.25) is 0 Å². The summed E-state index contributed by atoms with van der Waals surface area (Å²) in [7, 11) is 0. The lowest BCUT2D eigenvalue weighted by Gasteiger charge is -1.96. The molecular formula is C9H9ClO. The summed E-state index contributed by atoms with van der Waals surface area (Å²) < 4.78 is 5.30. The van der Waals surface area contributed by atoms with Crippen molar-refractivity contribution >= 4 is 11.6 Å². The van der Waals surface area contributed by atoms with Gasteiger partial charge >= 0.3 is 0 Å². The second-order valence-electron chi connectivity index (χ2n) is 2.78. The van der Waals surface area contributed by atoms with Gasteiger partial charge < -0.3 is 4.74 Å². The first-order chi connectivity index (χ1) is 5.29. The minimum atomic E-state index is 0.240. The molecule has 1 heterocycles. The van der Waals surface area contributed by atoms with Crippen LogP contribution in [0.25, 0.3) is 0 Å². The molecule has 1 aromatic carbocycles. The van der Waals surface area contributed by atoms with E-state index in [0.29, 0.717) is 6.10 Å². The number of rotatable bonds is 1. The Morgan fingerprint density at radius 2 is 2.00 bits per heavy atom. The Bertz CT molecular complexity index is 272. The van der Waals surface area contributed by atoms with Gasteiger partial charge in [0.25, 0.3) is 0 Å². The Hall–Kier alpha value is -0.530. The van der Waals surface area contributed by atoms with Crippen molar-refractivity contribution in [1.82, 2.24) is 0 Å². The fraction of sp³-hybridized carbons (Fsp3) is 0.333. The van der Waals surface area contributed by atoms with Gasteiger partial charge in [-0.1, -0.05) is 29.8 Å². The van der Waals surface area contributed by atoms with Gasteiger partial charge in [0.15, 0.2) is 0 Å². The minimum Gasteiger partial charge on any atom is -0.365 e. The van der Waals surface area contributed by atoms with Crippen LogP contribution >= 0.6 is 11.6 Å². The van der Waals surface area contributed by atoms with Crippen LogP contribution in [0.3, 0.4) is 0 Å². The molecule has 0 N–H and O–H groups in total. The standard InChI is InChI=1S/C9H9ClO/c1-6-9(11-6)7-4-2-3-5-8(7)10/h2-6,9H,1H3. The molecule has 2 atom stereocenters. The average Bonchev–Trinajstić information content (AvgIpc) is 2.68. The Morgan fingerprint density at radius 3 is 2.55 bits per heavy atom. The molecule has 2 heteroatoms. The Morgan fingerprint density at radius 1 is 1.36 bits per heavy atom. The molecule has 1 saturated heterocycles. The van der Waals surface area contributed by atoms with E-state index in [1.54, 1.807) is 0 Å². The molecule has 1 aliphatic heterocycles. The van der Waals surface area contributed by atoms with Crippen LogP contribution in [-0.2, 0) is 4.74 Å². The fourth-order valence-electron chi connectivity index (χ4n) is 1.22. The fourth-order valence-corrected chi connectivity index (χ4v) is 1.46. The highest BCUT2D eigenvalue weighted by Crippen LogP contribution is 2.40. The maximum atomic E-state index is 5.94. The molecule has 1 nitrogen and oxygen atoms in total. The maximum Gasteiger partial charge on any atom is 0.110 e. The van der Waals surface area contributed by atoms with Crippen molar-refractivity contribution in [2.45, 2.75) is 19.1 Å². The zero-order valence-corrected chi connectivity index (χ0v) is 7.01. The van der Waals surface area contributed by atoms with Crippen LogP contribution in [0, 0.1) is 0 Å². The molecule has 0 radical (unpaired) electrons. The van der Waals surface area contributed by atoms with Gasteiger partial charge in [-0.25, -0.2) is 0 Å². The minimum absolute atomic E-state index is 0.240. The number of ether oxygens (including phenoxy) is 1. The molecule has 1 fully saturated rings. The van der Waals surface area contributed by atoms with E-state index in [2.05, 4.69) is 0 Å². The SMILES string of the molecule is CC1OC1c1ccccc1Cl. The Labute approximate surface area is 70.9 Å². The molecule has 0 bridgehead atoms. The molecular weight excluding hydrogens is 160 g/mol. The number of epoxide rings is 1. The molecule has 0 aliphatic carbocycles. The van der Waals surface area contributed by atoms with Crippen LogP contribution < -0.4 is 0 Å². The summed E-state index contributed by atoms with van der Waals surface area (Å²) in [6, 6.07) is 7.82. The van der Waals surface area contributed by atoms with E-state index >= 15 is 0 Å². The summed E-state index contributed by atoms with van der Waals surface area (Å²) in [4.78, 5) is 0. The van der Waals surface area contributed by atoms with E-state index in [4.69, 9.17) is 16.3 Å². The second kappa shape index (κ2) is 2.50. The molecule has 1 aromatic rings. The zero-order valence-electron chi connectivity index (χ0n) is 6.25. The highest BCUT2D eigenvalue weighted by atomic mass is 35.5. The van der Waals surface area contributed by atoms with Crippen LogP contribution in [0.15, 0.2) is 24.3 Å². The van der Waals surface area contributed by atoms with Crippen LogP contribution in [0.1, 0.15) is 18.6 Å². The van der Waals surface area contributed by atoms with Gasteiger partial charge in [0, 0.05) is 10.6 Å². The molecule has 58 valence electrons. The topological polar surface area (TPSA) is 12.5 Å². The number of hydrogen-bond donors (Lipinski definition) is 0. The highest BCUT2D eigenvalue weighted by molar-refractivity contribution is 6.31. The van der Waals surface area contributed by atoms with Crippen LogP contribution in [0.5, 0.6) is 0 Å². The van der Waals surface area contributed by atoms with Crippen molar-refractivity contribution < 1.29 is 4.74 Å². The highest BCUT2D eigenvalue weighted by Gasteiger charge is 2.36. The third kappa shape index (κ3) is 1.26. The third-order valence-electron chi connectivity index (χ3n) is 1.92. The average molecular weight is 169 g/mol. The van der Waals surface area contributed by atoms with E-state index in [-0.39, 0.29) is 6.10 Å². The van der Waals surface area contributed by atoms with Crippen LogP contribution in [0.4, 0.5) is 0 Å². The summed E-state index contributed by atoms with van der Waals surface area (Å²) in [5, 5.41) is 0.807. The van der Waals surface area contributed by atoms with E-state index < -0.39 is 0 Å². The van der Waals surface area contributed by atoms with Gasteiger partial charge in [-0.3, -0.25) is 0 Å². The van der Waals surface area contributed by atoms with Gasteiger partial charge in [-0.2, -0.15) is 0 Å². The zero-order chi connectivity index (χ0) is 7.84. The number of hydrogen-bond acceptors (Lipinski definition) is 1. The first-order valence-corrected chi connectivity index (χ1v) is 4.07. The quantitative estimate of drug-likeness (QED) is 0.588. The first-order valence-electron chi connectivity index (χ1n) is 3.69. The molecule has 0 aromatic heterocycles. The van der Waals surface area contributed by atoms with Crippen molar-refractivity contribution in [3.63, 3.8) is 0 Å². The Balaban J connectivity index is 2.31. The molecule has 2 rings (SSSR count). The number of halogens is 1. The van der Waals surface area contributed by atoms with Crippen molar-refractivity contribution in [2.24, 2.45) is 0 Å². The molecule has 0 saturated carbocycles. The largest absolute Gasteiger partial charge is 0.365 e. The molecule has 2 unspecified atom stereocenters. The van der Waals surface area contributed by atoms with E-state index in [1.807, 2.05) is 31.2 Å². The Kier molecular flexibility index (Phi) is 1.63. The second-order valence-corrected chi connectivity index (χ2v) is 3.19. The smallest absolute Gasteiger partial charge is 0.110 e. The lowest BCUT2D eigenvalue weighted by Crippen LogP contribution is -1.83. The van der Waals surface area contributed by atoms with Crippen LogP contribution in [-0.4, -0.2) is 6.10 Å². The van der Waals surface area contributed by atoms with Gasteiger partial charge in [-0.15, -0.1) is 0 Å². The molecule has 1 aliphatic rings. The molecule has 11 heavy (non-hydrogen) atoms. The normalized spacial score (nSPS) is 28.5. The monoisotopic (exact) mass is 168 g/mol. The van der Waals surface area contributed by atoms with Crippen molar-refractivity contribution in [3.05, 3.63) is 34.9 Å². The van der Waals surface area contributed by atoms with Gasteiger partial charge in [0.05, 0.1) is 6.10 Å². The summed E-state index contributed by atoms with van der Waals surface area (Å²) >= 11 is 5.94. The van der Waals surface area contributed by atoms with E-state index in [0.717, 1.165) is 10.6 Å². The van der Waals surface area contributed by atoms with Gasteiger partial charge in [-0.05, 0) is 13.0 Å². The van der Waals surface area contributed by atoms with E-state index in [1.165, 1.54) is 0 Å². The van der Waals surface area contributed by atoms with Crippen molar-refractivity contribution in [2.75, 3.05) is 0 Å². The first kappa shape index (κ1) is 7.14. The lowest BCUT2D eigenvalue weighted by molar-refractivity contribution is 0.383. The molecule has 0 spiro atoms. The van der Waals surface area contributed by atoms with E-state index in [9.17, 15) is 0 Å².